The maximum atomic E-state index is 9.70. The van der Waals surface area contributed by atoms with Crippen molar-refractivity contribution in [2.24, 2.45) is 16.7 Å². The van der Waals surface area contributed by atoms with Gasteiger partial charge in [-0.2, -0.15) is 0 Å². The maximum Gasteiger partial charge on any atom is 0.0550 e. The molecule has 72 valence electrons. The quantitative estimate of drug-likeness (QED) is 0.592. The minimum Gasteiger partial charge on any atom is -0.393 e. The highest BCUT2D eigenvalue weighted by Crippen LogP contribution is 2.50. The van der Waals surface area contributed by atoms with E-state index in [2.05, 4.69) is 34.6 Å². The summed E-state index contributed by atoms with van der Waals surface area (Å²) < 4.78 is 0. The summed E-state index contributed by atoms with van der Waals surface area (Å²) >= 11 is 0. The summed E-state index contributed by atoms with van der Waals surface area (Å²) in [7, 11) is 0. The first-order chi connectivity index (χ1) is 5.26. The van der Waals surface area contributed by atoms with Crippen LogP contribution in [-0.4, -0.2) is 11.2 Å². The first kappa shape index (κ1) is 10.0. The van der Waals surface area contributed by atoms with E-state index >= 15 is 0 Å². The SMILES string of the molecule is CC1C(C)(C)CC(O)CC1(C)C. The Morgan fingerprint density at radius 3 is 1.67 bits per heavy atom. The molecule has 0 aromatic carbocycles. The molecular weight excluding hydrogens is 148 g/mol. The molecule has 0 heterocycles. The highest BCUT2D eigenvalue weighted by Gasteiger charge is 2.44. The van der Waals surface area contributed by atoms with Crippen LogP contribution in [0.5, 0.6) is 0 Å². The lowest BCUT2D eigenvalue weighted by atomic mass is 9.57. The summed E-state index contributed by atoms with van der Waals surface area (Å²) in [5.41, 5.74) is 0.586. The van der Waals surface area contributed by atoms with Crippen molar-refractivity contribution in [1.82, 2.24) is 0 Å². The second-order valence-corrected chi connectivity index (χ2v) is 5.76. The molecule has 1 aliphatic carbocycles. The summed E-state index contributed by atoms with van der Waals surface area (Å²) in [6.45, 7) is 11.4. The number of hydrogen-bond donors (Lipinski definition) is 1. The van der Waals surface area contributed by atoms with Gasteiger partial charge in [-0.25, -0.2) is 0 Å². The van der Waals surface area contributed by atoms with Gasteiger partial charge in [0, 0.05) is 0 Å². The van der Waals surface area contributed by atoms with Gasteiger partial charge >= 0.3 is 0 Å². The lowest BCUT2D eigenvalue weighted by Gasteiger charge is -2.49. The van der Waals surface area contributed by atoms with E-state index in [4.69, 9.17) is 0 Å². The molecule has 12 heavy (non-hydrogen) atoms. The van der Waals surface area contributed by atoms with Gasteiger partial charge < -0.3 is 5.11 Å². The molecule has 0 spiro atoms. The van der Waals surface area contributed by atoms with Gasteiger partial charge in [-0.15, -0.1) is 0 Å². The van der Waals surface area contributed by atoms with Gasteiger partial charge in [0.1, 0.15) is 0 Å². The Morgan fingerprint density at radius 1 is 1.00 bits per heavy atom. The van der Waals surface area contributed by atoms with Crippen molar-refractivity contribution in [3.63, 3.8) is 0 Å². The third-order valence-corrected chi connectivity index (χ3v) is 3.87. The molecule has 0 aromatic heterocycles. The Hall–Kier alpha value is -0.0400. The minimum absolute atomic E-state index is 0.0915. The van der Waals surface area contributed by atoms with Gasteiger partial charge in [0.25, 0.3) is 0 Å². The fourth-order valence-corrected chi connectivity index (χ4v) is 2.70. The normalized spacial score (nSPS) is 39.5. The first-order valence-corrected chi connectivity index (χ1v) is 4.94. The van der Waals surface area contributed by atoms with Crippen LogP contribution < -0.4 is 0 Å². The Kier molecular flexibility index (Phi) is 2.28. The topological polar surface area (TPSA) is 20.2 Å². The van der Waals surface area contributed by atoms with Crippen molar-refractivity contribution in [2.45, 2.75) is 53.6 Å². The van der Waals surface area contributed by atoms with Crippen molar-refractivity contribution in [3.8, 4) is 0 Å². The van der Waals surface area contributed by atoms with Crippen LogP contribution in [0.2, 0.25) is 0 Å². The molecule has 0 saturated heterocycles. The zero-order valence-corrected chi connectivity index (χ0v) is 9.02. The van der Waals surface area contributed by atoms with Gasteiger partial charge in [-0.05, 0) is 29.6 Å². The van der Waals surface area contributed by atoms with Crippen LogP contribution in [0, 0.1) is 16.7 Å². The standard InChI is InChI=1S/C11H22O/c1-8-10(2,3)6-9(12)7-11(8,4)5/h8-9,12H,6-7H2,1-5H3. The Morgan fingerprint density at radius 2 is 1.33 bits per heavy atom. The van der Waals surface area contributed by atoms with Crippen LogP contribution in [0.25, 0.3) is 0 Å². The summed E-state index contributed by atoms with van der Waals surface area (Å²) in [5, 5.41) is 9.70. The molecule has 0 aliphatic heterocycles. The Bertz CT molecular complexity index is 152. The van der Waals surface area contributed by atoms with Crippen LogP contribution >= 0.6 is 0 Å². The van der Waals surface area contributed by atoms with E-state index in [1.54, 1.807) is 0 Å². The van der Waals surface area contributed by atoms with Crippen molar-refractivity contribution in [3.05, 3.63) is 0 Å². The Balaban J connectivity index is 2.84. The van der Waals surface area contributed by atoms with E-state index in [-0.39, 0.29) is 6.10 Å². The summed E-state index contributed by atoms with van der Waals surface area (Å²) in [6.07, 6.45) is 1.82. The fourth-order valence-electron chi connectivity index (χ4n) is 2.70. The monoisotopic (exact) mass is 170 g/mol. The maximum absolute atomic E-state index is 9.70. The molecule has 0 amide bonds. The lowest BCUT2D eigenvalue weighted by molar-refractivity contribution is -0.0507. The van der Waals surface area contributed by atoms with E-state index in [1.165, 1.54) is 0 Å². The van der Waals surface area contributed by atoms with Gasteiger partial charge in [0.2, 0.25) is 0 Å². The molecule has 1 aliphatic rings. The predicted molar refractivity (Wildman–Crippen MR) is 52.0 cm³/mol. The van der Waals surface area contributed by atoms with Crippen molar-refractivity contribution in [1.29, 1.82) is 0 Å². The number of hydrogen-bond acceptors (Lipinski definition) is 1. The summed E-state index contributed by atoms with van der Waals surface area (Å²) in [4.78, 5) is 0. The van der Waals surface area contributed by atoms with Gasteiger partial charge in [0.05, 0.1) is 6.10 Å². The molecule has 0 bridgehead atoms. The third kappa shape index (κ3) is 1.66. The van der Waals surface area contributed by atoms with E-state index in [0.717, 1.165) is 12.8 Å². The average Bonchev–Trinajstić information content (AvgIpc) is 1.80. The molecule has 1 nitrogen and oxygen atoms in total. The molecule has 1 saturated carbocycles. The van der Waals surface area contributed by atoms with Crippen LogP contribution in [0.3, 0.4) is 0 Å². The molecular formula is C11H22O. The van der Waals surface area contributed by atoms with Crippen LogP contribution in [0.15, 0.2) is 0 Å². The van der Waals surface area contributed by atoms with Crippen LogP contribution in [0.1, 0.15) is 47.5 Å². The van der Waals surface area contributed by atoms with E-state index in [0.29, 0.717) is 16.7 Å². The summed E-state index contributed by atoms with van der Waals surface area (Å²) in [5.74, 6) is 0.688. The predicted octanol–water partition coefficient (Wildman–Crippen LogP) is 2.83. The molecule has 0 aromatic rings. The van der Waals surface area contributed by atoms with Crippen molar-refractivity contribution in [2.75, 3.05) is 0 Å². The van der Waals surface area contributed by atoms with Crippen LogP contribution in [-0.2, 0) is 0 Å². The van der Waals surface area contributed by atoms with Crippen molar-refractivity contribution >= 4 is 0 Å². The zero-order valence-electron chi connectivity index (χ0n) is 9.02. The molecule has 1 rings (SSSR count). The highest BCUT2D eigenvalue weighted by molar-refractivity contribution is 4.94. The van der Waals surface area contributed by atoms with E-state index in [9.17, 15) is 5.11 Å². The van der Waals surface area contributed by atoms with E-state index < -0.39 is 0 Å². The molecule has 0 atom stereocenters. The van der Waals surface area contributed by atoms with Crippen LogP contribution in [0.4, 0.5) is 0 Å². The van der Waals surface area contributed by atoms with Gasteiger partial charge in [-0.3, -0.25) is 0 Å². The average molecular weight is 170 g/mol. The largest absolute Gasteiger partial charge is 0.393 e. The fraction of sp³-hybridized carbons (Fsp3) is 1.00. The first-order valence-electron chi connectivity index (χ1n) is 4.94. The minimum atomic E-state index is -0.0915. The number of aliphatic hydroxyl groups is 1. The zero-order chi connectivity index (χ0) is 9.57. The van der Waals surface area contributed by atoms with Crippen molar-refractivity contribution < 1.29 is 5.11 Å². The number of rotatable bonds is 0. The third-order valence-electron chi connectivity index (χ3n) is 3.87. The Labute approximate surface area is 76.2 Å². The number of aliphatic hydroxyl groups excluding tert-OH is 1. The molecule has 0 unspecified atom stereocenters. The molecule has 0 radical (unpaired) electrons. The second kappa shape index (κ2) is 2.73. The lowest BCUT2D eigenvalue weighted by Crippen LogP contribution is -2.44. The smallest absolute Gasteiger partial charge is 0.0550 e. The molecule has 1 fully saturated rings. The molecule has 1 heteroatoms. The highest BCUT2D eigenvalue weighted by atomic mass is 16.3. The summed E-state index contributed by atoms with van der Waals surface area (Å²) in [6, 6.07) is 0. The van der Waals surface area contributed by atoms with E-state index in [1.807, 2.05) is 0 Å². The molecule has 1 N–H and O–H groups in total. The second-order valence-electron chi connectivity index (χ2n) is 5.76. The van der Waals surface area contributed by atoms with Gasteiger partial charge in [-0.1, -0.05) is 34.6 Å². The van der Waals surface area contributed by atoms with Gasteiger partial charge in [0.15, 0.2) is 0 Å².